The van der Waals surface area contributed by atoms with Crippen molar-refractivity contribution < 1.29 is 19.1 Å². The van der Waals surface area contributed by atoms with Crippen LogP contribution in [0.25, 0.3) is 0 Å². The first-order chi connectivity index (χ1) is 11.0. The van der Waals surface area contributed by atoms with Crippen LogP contribution < -0.4 is 20.2 Å². The lowest BCUT2D eigenvalue weighted by molar-refractivity contribution is -0.139. The molecule has 1 aliphatic rings. The first kappa shape index (κ1) is 17.0. The Hall–Kier alpha value is -2.32. The maximum absolute atomic E-state index is 12.0. The Morgan fingerprint density at radius 2 is 1.74 bits per heavy atom. The zero-order chi connectivity index (χ0) is 16.8. The van der Waals surface area contributed by atoms with E-state index < -0.39 is 11.8 Å². The third-order valence-electron chi connectivity index (χ3n) is 3.63. The van der Waals surface area contributed by atoms with Crippen LogP contribution >= 0.6 is 0 Å². The summed E-state index contributed by atoms with van der Waals surface area (Å²) in [4.78, 5) is 26.2. The minimum Gasteiger partial charge on any atom is -0.497 e. The van der Waals surface area contributed by atoms with Gasteiger partial charge in [-0.15, -0.1) is 0 Å². The fraction of sp³-hybridized carbons (Fsp3) is 0.467. The zero-order valence-corrected chi connectivity index (χ0v) is 13.6. The molecule has 0 aliphatic carbocycles. The van der Waals surface area contributed by atoms with Crippen molar-refractivity contribution in [1.29, 1.82) is 0 Å². The molecule has 1 aliphatic heterocycles. The lowest BCUT2D eigenvalue weighted by Gasteiger charge is -2.32. The second kappa shape index (κ2) is 7.80. The van der Waals surface area contributed by atoms with Crippen LogP contribution in [-0.2, 0) is 9.59 Å². The largest absolute Gasteiger partial charge is 0.497 e. The molecule has 8 heteroatoms. The number of rotatable bonds is 4. The first-order valence-corrected chi connectivity index (χ1v) is 7.31. The molecule has 0 spiro atoms. The zero-order valence-electron chi connectivity index (χ0n) is 13.6. The molecule has 0 atom stereocenters. The quantitative estimate of drug-likeness (QED) is 0.755. The van der Waals surface area contributed by atoms with Gasteiger partial charge in [-0.3, -0.25) is 15.0 Å². The number of nitrogens with one attached hydrogen (secondary N) is 2. The van der Waals surface area contributed by atoms with Gasteiger partial charge in [0.15, 0.2) is 0 Å². The number of likely N-dealkylation sites (N-methyl/N-ethyl adjacent to an activating group) is 1. The van der Waals surface area contributed by atoms with Gasteiger partial charge < -0.3 is 19.7 Å². The standard InChI is InChI=1S/C15H22N4O4/c1-18-6-8-19(9-7-18)17-15(21)14(20)16-12-5-4-11(22-2)10-13(12)23-3/h4-5,10H,6-9H2,1-3H3,(H,16,20)(H,17,21). The molecule has 126 valence electrons. The van der Waals surface area contributed by atoms with Gasteiger partial charge in [-0.1, -0.05) is 0 Å². The van der Waals surface area contributed by atoms with Crippen molar-refractivity contribution in [2.75, 3.05) is 52.8 Å². The van der Waals surface area contributed by atoms with E-state index in [1.807, 2.05) is 7.05 Å². The van der Waals surface area contributed by atoms with Crippen LogP contribution in [0.1, 0.15) is 0 Å². The van der Waals surface area contributed by atoms with E-state index in [1.54, 1.807) is 23.2 Å². The minimum atomic E-state index is -0.743. The minimum absolute atomic E-state index is 0.409. The van der Waals surface area contributed by atoms with Gasteiger partial charge in [0.1, 0.15) is 11.5 Å². The summed E-state index contributed by atoms with van der Waals surface area (Å²) in [7, 11) is 5.03. The van der Waals surface area contributed by atoms with Crippen molar-refractivity contribution in [2.24, 2.45) is 0 Å². The normalized spacial score (nSPS) is 15.8. The highest BCUT2D eigenvalue weighted by molar-refractivity contribution is 6.39. The number of ether oxygens (including phenoxy) is 2. The van der Waals surface area contributed by atoms with E-state index in [0.29, 0.717) is 30.3 Å². The SMILES string of the molecule is COc1ccc(NC(=O)C(=O)NN2CCN(C)CC2)c(OC)c1. The van der Waals surface area contributed by atoms with Gasteiger partial charge in [0.05, 0.1) is 19.9 Å². The van der Waals surface area contributed by atoms with E-state index >= 15 is 0 Å². The molecule has 0 aromatic heterocycles. The number of hydrogen-bond acceptors (Lipinski definition) is 6. The summed E-state index contributed by atoms with van der Waals surface area (Å²) < 4.78 is 10.3. The molecular formula is C15H22N4O4. The Labute approximate surface area is 135 Å². The van der Waals surface area contributed by atoms with Gasteiger partial charge >= 0.3 is 11.8 Å². The molecule has 0 saturated carbocycles. The predicted molar refractivity (Wildman–Crippen MR) is 85.4 cm³/mol. The fourth-order valence-corrected chi connectivity index (χ4v) is 2.19. The average Bonchev–Trinajstić information content (AvgIpc) is 2.57. The molecule has 23 heavy (non-hydrogen) atoms. The molecule has 0 radical (unpaired) electrons. The maximum atomic E-state index is 12.0. The maximum Gasteiger partial charge on any atom is 0.323 e. The summed E-state index contributed by atoms with van der Waals surface area (Å²) >= 11 is 0. The van der Waals surface area contributed by atoms with Gasteiger partial charge in [-0.05, 0) is 19.2 Å². The molecule has 1 aromatic carbocycles. The summed E-state index contributed by atoms with van der Waals surface area (Å²) in [5, 5.41) is 4.29. The Morgan fingerprint density at radius 3 is 2.35 bits per heavy atom. The molecular weight excluding hydrogens is 300 g/mol. The summed E-state index contributed by atoms with van der Waals surface area (Å²) in [6.45, 7) is 3.05. The Bertz CT molecular complexity index is 571. The molecule has 1 fully saturated rings. The summed E-state index contributed by atoms with van der Waals surface area (Å²) in [5.41, 5.74) is 3.02. The van der Waals surface area contributed by atoms with E-state index in [9.17, 15) is 9.59 Å². The summed E-state index contributed by atoms with van der Waals surface area (Å²) in [6.07, 6.45) is 0. The molecule has 0 unspecified atom stereocenters. The number of methoxy groups -OCH3 is 2. The number of piperazine rings is 1. The highest BCUT2D eigenvalue weighted by atomic mass is 16.5. The van der Waals surface area contributed by atoms with Crippen LogP contribution in [0.2, 0.25) is 0 Å². The number of hydrazine groups is 1. The molecule has 2 amide bonds. The number of benzene rings is 1. The Balaban J connectivity index is 1.94. The molecule has 2 N–H and O–H groups in total. The summed E-state index contributed by atoms with van der Waals surface area (Å²) in [6, 6.07) is 4.93. The Morgan fingerprint density at radius 1 is 1.04 bits per heavy atom. The topological polar surface area (TPSA) is 83.1 Å². The first-order valence-electron chi connectivity index (χ1n) is 7.31. The van der Waals surface area contributed by atoms with Crippen LogP contribution in [0.5, 0.6) is 11.5 Å². The van der Waals surface area contributed by atoms with Gasteiger partial charge in [0.25, 0.3) is 0 Å². The third kappa shape index (κ3) is 4.57. The molecule has 0 bridgehead atoms. The van der Waals surface area contributed by atoms with Crippen molar-refractivity contribution >= 4 is 17.5 Å². The van der Waals surface area contributed by atoms with Gasteiger partial charge in [0, 0.05) is 32.2 Å². The van der Waals surface area contributed by atoms with Crippen molar-refractivity contribution in [3.05, 3.63) is 18.2 Å². The number of amides is 2. The molecule has 2 rings (SSSR count). The van der Waals surface area contributed by atoms with E-state index in [2.05, 4.69) is 15.6 Å². The van der Waals surface area contributed by atoms with Gasteiger partial charge in [0.2, 0.25) is 0 Å². The third-order valence-corrected chi connectivity index (χ3v) is 3.63. The number of nitrogens with zero attached hydrogens (tertiary/aromatic N) is 2. The predicted octanol–water partition coefficient (Wildman–Crippen LogP) is -0.0791. The fourth-order valence-electron chi connectivity index (χ4n) is 2.19. The van der Waals surface area contributed by atoms with E-state index in [0.717, 1.165) is 13.1 Å². The van der Waals surface area contributed by atoms with Crippen LogP contribution in [0.15, 0.2) is 18.2 Å². The highest BCUT2D eigenvalue weighted by Gasteiger charge is 2.21. The second-order valence-corrected chi connectivity index (χ2v) is 5.25. The average molecular weight is 322 g/mol. The second-order valence-electron chi connectivity index (χ2n) is 5.25. The van der Waals surface area contributed by atoms with Crippen molar-refractivity contribution in [2.45, 2.75) is 0 Å². The highest BCUT2D eigenvalue weighted by Crippen LogP contribution is 2.28. The smallest absolute Gasteiger partial charge is 0.323 e. The monoisotopic (exact) mass is 322 g/mol. The van der Waals surface area contributed by atoms with Crippen LogP contribution in [0.3, 0.4) is 0 Å². The van der Waals surface area contributed by atoms with Crippen molar-refractivity contribution in [3.63, 3.8) is 0 Å². The lowest BCUT2D eigenvalue weighted by Crippen LogP contribution is -2.54. The number of anilines is 1. The van der Waals surface area contributed by atoms with Gasteiger partial charge in [-0.2, -0.15) is 0 Å². The Kier molecular flexibility index (Phi) is 5.78. The van der Waals surface area contributed by atoms with Crippen LogP contribution in [0.4, 0.5) is 5.69 Å². The van der Waals surface area contributed by atoms with Crippen molar-refractivity contribution in [3.8, 4) is 11.5 Å². The molecule has 1 heterocycles. The molecule has 8 nitrogen and oxygen atoms in total. The molecule has 1 saturated heterocycles. The number of carbonyl (C=O) groups excluding carboxylic acids is 2. The summed E-state index contributed by atoms with van der Waals surface area (Å²) in [5.74, 6) is -0.424. The lowest BCUT2D eigenvalue weighted by atomic mass is 10.2. The van der Waals surface area contributed by atoms with E-state index in [1.165, 1.54) is 14.2 Å². The molecule has 1 aromatic rings. The van der Waals surface area contributed by atoms with E-state index in [-0.39, 0.29) is 0 Å². The van der Waals surface area contributed by atoms with E-state index in [4.69, 9.17) is 9.47 Å². The van der Waals surface area contributed by atoms with Gasteiger partial charge in [-0.25, -0.2) is 5.01 Å². The number of hydrogen-bond donors (Lipinski definition) is 2. The van der Waals surface area contributed by atoms with Crippen LogP contribution in [0, 0.1) is 0 Å². The van der Waals surface area contributed by atoms with Crippen LogP contribution in [-0.4, -0.2) is 69.2 Å². The van der Waals surface area contributed by atoms with Crippen molar-refractivity contribution in [1.82, 2.24) is 15.3 Å². The number of carbonyl (C=O) groups is 2.